The molecule has 1 aliphatic rings. The average molecular weight is 249 g/mol. The van der Waals surface area contributed by atoms with Crippen LogP contribution >= 0.6 is 11.6 Å². The zero-order valence-electron chi connectivity index (χ0n) is 9.40. The van der Waals surface area contributed by atoms with Crippen LogP contribution in [0.3, 0.4) is 0 Å². The summed E-state index contributed by atoms with van der Waals surface area (Å²) >= 11 is 5.87. The predicted octanol–water partition coefficient (Wildman–Crippen LogP) is 2.72. The van der Waals surface area contributed by atoms with E-state index in [1.54, 1.807) is 0 Å². The van der Waals surface area contributed by atoms with Gasteiger partial charge in [0.05, 0.1) is 18.7 Å². The molecule has 1 aromatic carbocycles. The number of halogens is 1. The molecule has 3 rings (SSSR count). The topological polar surface area (TPSA) is 25.4 Å². The maximum absolute atomic E-state index is 5.87. The molecule has 0 radical (unpaired) electrons. The van der Waals surface area contributed by atoms with Crippen molar-refractivity contribution in [2.45, 2.75) is 0 Å². The van der Waals surface area contributed by atoms with E-state index in [1.807, 2.05) is 18.2 Å². The summed E-state index contributed by atoms with van der Waals surface area (Å²) in [5.41, 5.74) is 2.17. The van der Waals surface area contributed by atoms with Gasteiger partial charge in [0.15, 0.2) is 0 Å². The summed E-state index contributed by atoms with van der Waals surface area (Å²) in [6.07, 6.45) is 0. The molecule has 2 aromatic rings. The van der Waals surface area contributed by atoms with Crippen LogP contribution in [0.2, 0.25) is 5.15 Å². The van der Waals surface area contributed by atoms with E-state index in [4.69, 9.17) is 16.3 Å². The summed E-state index contributed by atoms with van der Waals surface area (Å²) in [5, 5.41) is 1.66. The van der Waals surface area contributed by atoms with E-state index in [-0.39, 0.29) is 0 Å². The molecule has 0 saturated carbocycles. The van der Waals surface area contributed by atoms with E-state index in [9.17, 15) is 0 Å². The Labute approximate surface area is 105 Å². The minimum atomic E-state index is 0.539. The highest BCUT2D eigenvalue weighted by molar-refractivity contribution is 6.29. The van der Waals surface area contributed by atoms with Crippen molar-refractivity contribution in [3.05, 3.63) is 35.5 Å². The standard InChI is InChI=1S/C13H13ClN2O/c14-13-4-1-10-9-11(2-3-12(10)15-13)16-5-7-17-8-6-16/h1-4,9H,5-8H2. The third-order valence-corrected chi connectivity index (χ3v) is 3.23. The highest BCUT2D eigenvalue weighted by Gasteiger charge is 2.11. The molecular weight excluding hydrogens is 236 g/mol. The van der Waals surface area contributed by atoms with Gasteiger partial charge in [-0.25, -0.2) is 4.98 Å². The maximum Gasteiger partial charge on any atom is 0.129 e. The fraction of sp³-hybridized carbons (Fsp3) is 0.308. The lowest BCUT2D eigenvalue weighted by Gasteiger charge is -2.29. The molecule has 0 amide bonds. The summed E-state index contributed by atoms with van der Waals surface area (Å²) in [6, 6.07) is 10.1. The van der Waals surface area contributed by atoms with Crippen molar-refractivity contribution in [2.24, 2.45) is 0 Å². The Morgan fingerprint density at radius 1 is 1.12 bits per heavy atom. The van der Waals surface area contributed by atoms with Gasteiger partial charge in [-0.3, -0.25) is 0 Å². The third kappa shape index (κ3) is 2.21. The van der Waals surface area contributed by atoms with Gasteiger partial charge in [0.1, 0.15) is 5.15 Å². The molecule has 0 N–H and O–H groups in total. The number of hydrogen-bond acceptors (Lipinski definition) is 3. The number of ether oxygens (including phenoxy) is 1. The summed E-state index contributed by atoms with van der Waals surface area (Å²) in [5.74, 6) is 0. The molecular formula is C13H13ClN2O. The molecule has 4 heteroatoms. The van der Waals surface area contributed by atoms with Crippen LogP contribution in [0.15, 0.2) is 30.3 Å². The van der Waals surface area contributed by atoms with Crippen LogP contribution in [0, 0.1) is 0 Å². The number of hydrogen-bond donors (Lipinski definition) is 0. The lowest BCUT2D eigenvalue weighted by molar-refractivity contribution is 0.122. The largest absolute Gasteiger partial charge is 0.378 e. The van der Waals surface area contributed by atoms with Gasteiger partial charge in [0.25, 0.3) is 0 Å². The molecule has 3 nitrogen and oxygen atoms in total. The Bertz CT molecular complexity index is 538. The molecule has 0 atom stereocenters. The maximum atomic E-state index is 5.87. The number of rotatable bonds is 1. The van der Waals surface area contributed by atoms with Gasteiger partial charge in [-0.15, -0.1) is 0 Å². The Morgan fingerprint density at radius 2 is 1.94 bits per heavy atom. The van der Waals surface area contributed by atoms with Gasteiger partial charge in [-0.1, -0.05) is 11.6 Å². The summed E-state index contributed by atoms with van der Waals surface area (Å²) in [7, 11) is 0. The average Bonchev–Trinajstić information content (AvgIpc) is 2.39. The van der Waals surface area contributed by atoms with Gasteiger partial charge < -0.3 is 9.64 Å². The Morgan fingerprint density at radius 3 is 2.76 bits per heavy atom. The minimum absolute atomic E-state index is 0.539. The molecule has 2 heterocycles. The summed E-state index contributed by atoms with van der Waals surface area (Å²) in [6.45, 7) is 3.51. The van der Waals surface area contributed by atoms with Crippen LogP contribution in [0.4, 0.5) is 5.69 Å². The van der Waals surface area contributed by atoms with E-state index in [1.165, 1.54) is 5.69 Å². The second-order valence-corrected chi connectivity index (χ2v) is 4.50. The molecule has 0 aliphatic carbocycles. The number of pyridine rings is 1. The number of aromatic nitrogens is 1. The van der Waals surface area contributed by atoms with Gasteiger partial charge in [0.2, 0.25) is 0 Å². The van der Waals surface area contributed by atoms with Crippen LogP contribution < -0.4 is 4.90 Å². The van der Waals surface area contributed by atoms with Crippen LogP contribution in [0.25, 0.3) is 10.9 Å². The first-order valence-corrected chi connectivity index (χ1v) is 6.10. The first kappa shape index (κ1) is 10.8. The Hall–Kier alpha value is -1.32. The predicted molar refractivity (Wildman–Crippen MR) is 69.8 cm³/mol. The second-order valence-electron chi connectivity index (χ2n) is 4.11. The SMILES string of the molecule is Clc1ccc2cc(N3CCOCC3)ccc2n1. The van der Waals surface area contributed by atoms with E-state index < -0.39 is 0 Å². The molecule has 1 fully saturated rings. The van der Waals surface area contributed by atoms with E-state index in [0.29, 0.717) is 5.15 Å². The molecule has 1 aliphatic heterocycles. The smallest absolute Gasteiger partial charge is 0.129 e. The zero-order chi connectivity index (χ0) is 11.7. The van der Waals surface area contributed by atoms with Crippen LogP contribution in [0.1, 0.15) is 0 Å². The molecule has 0 unspecified atom stereocenters. The van der Waals surface area contributed by atoms with E-state index in [0.717, 1.165) is 37.2 Å². The lowest BCUT2D eigenvalue weighted by Crippen LogP contribution is -2.36. The molecule has 1 aromatic heterocycles. The summed E-state index contributed by atoms with van der Waals surface area (Å²) < 4.78 is 5.35. The Balaban J connectivity index is 1.98. The fourth-order valence-electron chi connectivity index (χ4n) is 2.11. The first-order chi connectivity index (χ1) is 8.33. The van der Waals surface area contributed by atoms with Crippen molar-refractivity contribution in [1.29, 1.82) is 0 Å². The summed E-state index contributed by atoms with van der Waals surface area (Å²) in [4.78, 5) is 6.62. The first-order valence-electron chi connectivity index (χ1n) is 5.72. The van der Waals surface area contributed by atoms with Crippen LogP contribution in [-0.4, -0.2) is 31.3 Å². The van der Waals surface area contributed by atoms with Crippen molar-refractivity contribution < 1.29 is 4.74 Å². The van der Waals surface area contributed by atoms with E-state index >= 15 is 0 Å². The van der Waals surface area contributed by atoms with Gasteiger partial charge in [-0.05, 0) is 30.3 Å². The van der Waals surface area contributed by atoms with Crippen molar-refractivity contribution >= 4 is 28.2 Å². The quantitative estimate of drug-likeness (QED) is 0.726. The number of fused-ring (bicyclic) bond motifs is 1. The number of nitrogens with zero attached hydrogens (tertiary/aromatic N) is 2. The number of morpholine rings is 1. The van der Waals surface area contributed by atoms with Crippen molar-refractivity contribution in [1.82, 2.24) is 4.98 Å². The zero-order valence-corrected chi connectivity index (χ0v) is 10.2. The van der Waals surface area contributed by atoms with Gasteiger partial charge >= 0.3 is 0 Å². The number of anilines is 1. The van der Waals surface area contributed by atoms with Gasteiger partial charge in [0, 0.05) is 24.2 Å². The van der Waals surface area contributed by atoms with Crippen molar-refractivity contribution in [3.63, 3.8) is 0 Å². The fourth-order valence-corrected chi connectivity index (χ4v) is 2.26. The second kappa shape index (κ2) is 4.51. The van der Waals surface area contributed by atoms with Crippen LogP contribution in [0.5, 0.6) is 0 Å². The Kier molecular flexibility index (Phi) is 2.87. The van der Waals surface area contributed by atoms with Crippen molar-refractivity contribution in [2.75, 3.05) is 31.2 Å². The molecule has 88 valence electrons. The van der Waals surface area contributed by atoms with Crippen LogP contribution in [-0.2, 0) is 4.74 Å². The van der Waals surface area contributed by atoms with Crippen molar-refractivity contribution in [3.8, 4) is 0 Å². The lowest BCUT2D eigenvalue weighted by atomic mass is 10.2. The third-order valence-electron chi connectivity index (χ3n) is 3.02. The number of benzene rings is 1. The molecule has 0 spiro atoms. The highest BCUT2D eigenvalue weighted by atomic mass is 35.5. The molecule has 1 saturated heterocycles. The molecule has 0 bridgehead atoms. The molecule has 17 heavy (non-hydrogen) atoms. The monoisotopic (exact) mass is 248 g/mol. The highest BCUT2D eigenvalue weighted by Crippen LogP contribution is 2.23. The normalized spacial score (nSPS) is 16.4. The minimum Gasteiger partial charge on any atom is -0.378 e. The van der Waals surface area contributed by atoms with Gasteiger partial charge in [-0.2, -0.15) is 0 Å². The van der Waals surface area contributed by atoms with E-state index in [2.05, 4.69) is 22.0 Å².